The van der Waals surface area contributed by atoms with Gasteiger partial charge in [-0.25, -0.2) is 0 Å². The quantitative estimate of drug-likeness (QED) is 0.550. The average Bonchev–Trinajstić information content (AvgIpc) is 3.19. The molecule has 2 aromatic heterocycles. The zero-order valence-electron chi connectivity index (χ0n) is 13.3. The highest BCUT2D eigenvalue weighted by molar-refractivity contribution is 7.12. The molecular weight excluding hydrogens is 318 g/mol. The number of para-hydroxylation sites is 1. The minimum absolute atomic E-state index is 0.135. The summed E-state index contributed by atoms with van der Waals surface area (Å²) in [5, 5.41) is 13.2. The maximum atomic E-state index is 12.2. The molecule has 0 spiro atoms. The number of hydrogen-bond donors (Lipinski definition) is 2. The molecule has 0 unspecified atom stereocenters. The van der Waals surface area contributed by atoms with Gasteiger partial charge in [0, 0.05) is 33.4 Å². The largest absolute Gasteiger partial charge is 0.361 e. The summed E-state index contributed by atoms with van der Waals surface area (Å²) in [6.45, 7) is 2.48. The number of nitrogens with one attached hydrogen (secondary N) is 2. The number of hydrogen-bond acceptors (Lipinski definition) is 3. The van der Waals surface area contributed by atoms with E-state index in [2.05, 4.69) is 16.4 Å². The van der Waals surface area contributed by atoms with Crippen molar-refractivity contribution in [2.45, 2.75) is 13.3 Å². The Kier molecular flexibility index (Phi) is 4.78. The molecule has 0 aliphatic heterocycles. The van der Waals surface area contributed by atoms with Gasteiger partial charge in [0.25, 0.3) is 5.91 Å². The molecule has 3 aromatic rings. The fourth-order valence-corrected chi connectivity index (χ4v) is 3.39. The first-order chi connectivity index (χ1) is 11.7. The van der Waals surface area contributed by atoms with Gasteiger partial charge in [-0.15, -0.1) is 11.3 Å². The first-order valence-electron chi connectivity index (χ1n) is 7.69. The predicted octanol–water partition coefficient (Wildman–Crippen LogP) is 3.80. The summed E-state index contributed by atoms with van der Waals surface area (Å²) >= 11 is 1.56. The van der Waals surface area contributed by atoms with Crippen LogP contribution in [0.25, 0.3) is 17.0 Å². The molecule has 0 saturated heterocycles. The lowest BCUT2D eigenvalue weighted by Gasteiger charge is -2.03. The van der Waals surface area contributed by atoms with Crippen molar-refractivity contribution in [1.29, 1.82) is 5.26 Å². The van der Waals surface area contributed by atoms with E-state index in [1.165, 1.54) is 0 Å². The van der Waals surface area contributed by atoms with Crippen molar-refractivity contribution in [2.24, 2.45) is 0 Å². The molecule has 2 N–H and O–H groups in total. The van der Waals surface area contributed by atoms with Gasteiger partial charge in [-0.2, -0.15) is 5.26 Å². The lowest BCUT2D eigenvalue weighted by Crippen LogP contribution is -2.26. The smallest absolute Gasteiger partial charge is 0.261 e. The Morgan fingerprint density at radius 2 is 2.17 bits per heavy atom. The number of rotatable bonds is 5. The van der Waals surface area contributed by atoms with Crippen molar-refractivity contribution in [1.82, 2.24) is 10.3 Å². The first kappa shape index (κ1) is 16.0. The number of fused-ring (bicyclic) bond motifs is 1. The zero-order chi connectivity index (χ0) is 16.9. The molecule has 24 heavy (non-hydrogen) atoms. The number of nitrogens with zero attached hydrogens (tertiary/aromatic N) is 1. The summed E-state index contributed by atoms with van der Waals surface area (Å²) in [5.74, 6) is -0.330. The van der Waals surface area contributed by atoms with Gasteiger partial charge >= 0.3 is 0 Å². The Balaban J connectivity index is 1.62. The van der Waals surface area contributed by atoms with E-state index in [4.69, 9.17) is 0 Å². The second-order valence-corrected chi connectivity index (χ2v) is 6.80. The Labute approximate surface area is 144 Å². The second-order valence-electron chi connectivity index (χ2n) is 5.48. The van der Waals surface area contributed by atoms with Crippen molar-refractivity contribution in [3.63, 3.8) is 0 Å². The van der Waals surface area contributed by atoms with Crippen molar-refractivity contribution in [2.75, 3.05) is 6.54 Å². The molecule has 1 amide bonds. The SMILES string of the molecule is Cc1ccc(/C=C(\C#N)C(=O)NCCc2c[nH]c3ccccc23)s1. The molecule has 0 fully saturated rings. The highest BCUT2D eigenvalue weighted by atomic mass is 32.1. The lowest BCUT2D eigenvalue weighted by atomic mass is 10.1. The first-order valence-corrected chi connectivity index (χ1v) is 8.50. The second kappa shape index (κ2) is 7.16. The molecule has 0 saturated carbocycles. The van der Waals surface area contributed by atoms with E-state index in [0.29, 0.717) is 13.0 Å². The molecule has 0 aliphatic carbocycles. The van der Waals surface area contributed by atoms with E-state index in [-0.39, 0.29) is 11.5 Å². The highest BCUT2D eigenvalue weighted by Gasteiger charge is 2.10. The summed E-state index contributed by atoms with van der Waals surface area (Å²) < 4.78 is 0. The Bertz CT molecular complexity index is 943. The third-order valence-corrected chi connectivity index (χ3v) is 4.72. The van der Waals surface area contributed by atoms with E-state index in [1.807, 2.05) is 49.5 Å². The van der Waals surface area contributed by atoms with E-state index in [0.717, 1.165) is 26.2 Å². The fourth-order valence-electron chi connectivity index (χ4n) is 2.57. The van der Waals surface area contributed by atoms with Crippen LogP contribution in [0.5, 0.6) is 0 Å². The van der Waals surface area contributed by atoms with Crippen molar-refractivity contribution < 1.29 is 4.79 Å². The standard InChI is InChI=1S/C19H17N3OS/c1-13-6-7-16(24-13)10-15(11-20)19(23)21-9-8-14-12-22-18-5-3-2-4-17(14)18/h2-7,10,12,22H,8-9H2,1H3,(H,21,23)/b15-10+. The topological polar surface area (TPSA) is 68.7 Å². The molecular formula is C19H17N3OS. The van der Waals surface area contributed by atoms with Gasteiger partial charge in [-0.05, 0) is 43.2 Å². The predicted molar refractivity (Wildman–Crippen MR) is 97.7 cm³/mol. The van der Waals surface area contributed by atoms with Crippen LogP contribution in [0.1, 0.15) is 15.3 Å². The molecule has 4 nitrogen and oxygen atoms in total. The number of aromatic nitrogens is 1. The van der Waals surface area contributed by atoms with Gasteiger partial charge < -0.3 is 10.3 Å². The third kappa shape index (κ3) is 3.55. The Morgan fingerprint density at radius 3 is 2.92 bits per heavy atom. The molecule has 0 radical (unpaired) electrons. The molecule has 0 aliphatic rings. The van der Waals surface area contributed by atoms with Crippen LogP contribution in [0.2, 0.25) is 0 Å². The van der Waals surface area contributed by atoms with Crippen LogP contribution in [-0.4, -0.2) is 17.4 Å². The number of nitriles is 1. The molecule has 2 heterocycles. The Hall–Kier alpha value is -2.84. The number of H-pyrrole nitrogens is 1. The number of carbonyl (C=O) groups excluding carboxylic acids is 1. The van der Waals surface area contributed by atoms with E-state index in [1.54, 1.807) is 17.4 Å². The maximum absolute atomic E-state index is 12.2. The highest BCUT2D eigenvalue weighted by Crippen LogP contribution is 2.19. The summed E-state index contributed by atoms with van der Waals surface area (Å²) in [7, 11) is 0. The van der Waals surface area contributed by atoms with E-state index < -0.39 is 0 Å². The van der Waals surface area contributed by atoms with E-state index >= 15 is 0 Å². The summed E-state index contributed by atoms with van der Waals surface area (Å²) in [5.41, 5.74) is 2.38. The van der Waals surface area contributed by atoms with Crippen molar-refractivity contribution >= 4 is 34.2 Å². The van der Waals surface area contributed by atoms with Crippen molar-refractivity contribution in [3.05, 3.63) is 63.5 Å². The normalized spacial score (nSPS) is 11.4. The van der Waals surface area contributed by atoms with Crippen LogP contribution in [0.3, 0.4) is 0 Å². The van der Waals surface area contributed by atoms with Crippen LogP contribution < -0.4 is 5.32 Å². The number of thiophene rings is 1. The van der Waals surface area contributed by atoms with Crippen molar-refractivity contribution in [3.8, 4) is 6.07 Å². The average molecular weight is 335 g/mol. The summed E-state index contributed by atoms with van der Waals surface area (Å²) in [6, 6.07) is 13.9. The molecule has 0 bridgehead atoms. The van der Waals surface area contributed by atoms with Gasteiger partial charge in [0.05, 0.1) is 0 Å². The molecule has 5 heteroatoms. The van der Waals surface area contributed by atoms with Crippen LogP contribution >= 0.6 is 11.3 Å². The van der Waals surface area contributed by atoms with Crippen LogP contribution in [0.15, 0.2) is 48.2 Å². The van der Waals surface area contributed by atoms with Crippen LogP contribution in [0, 0.1) is 18.3 Å². The Morgan fingerprint density at radius 1 is 1.33 bits per heavy atom. The molecule has 3 rings (SSSR count). The number of aryl methyl sites for hydroxylation is 1. The number of carbonyl (C=O) groups is 1. The van der Waals surface area contributed by atoms with Gasteiger partial charge in [0.2, 0.25) is 0 Å². The summed E-state index contributed by atoms with van der Waals surface area (Å²) in [6.07, 6.45) is 4.32. The van der Waals surface area contributed by atoms with E-state index in [9.17, 15) is 10.1 Å². The summed E-state index contributed by atoms with van der Waals surface area (Å²) in [4.78, 5) is 17.5. The van der Waals surface area contributed by atoms with Crippen LogP contribution in [-0.2, 0) is 11.2 Å². The van der Waals surface area contributed by atoms with Gasteiger partial charge in [0.1, 0.15) is 11.6 Å². The van der Waals surface area contributed by atoms with Gasteiger partial charge in [-0.1, -0.05) is 18.2 Å². The molecule has 1 aromatic carbocycles. The maximum Gasteiger partial charge on any atom is 0.261 e. The number of amides is 1. The lowest BCUT2D eigenvalue weighted by molar-refractivity contribution is -0.117. The minimum Gasteiger partial charge on any atom is -0.361 e. The minimum atomic E-state index is -0.330. The third-order valence-electron chi connectivity index (χ3n) is 3.77. The fraction of sp³-hybridized carbons (Fsp3) is 0.158. The molecule has 0 atom stereocenters. The van der Waals surface area contributed by atoms with Gasteiger partial charge in [-0.3, -0.25) is 4.79 Å². The van der Waals surface area contributed by atoms with Gasteiger partial charge in [0.15, 0.2) is 0 Å². The van der Waals surface area contributed by atoms with Crippen LogP contribution in [0.4, 0.5) is 0 Å². The monoisotopic (exact) mass is 335 g/mol. The zero-order valence-corrected chi connectivity index (χ0v) is 14.1. The number of benzene rings is 1. The molecule has 120 valence electrons. The number of aromatic amines is 1.